The third-order valence-electron chi connectivity index (χ3n) is 2.36. The number of rotatable bonds is 3. The Morgan fingerprint density at radius 3 is 2.13 bits per heavy atom. The van der Waals surface area contributed by atoms with Gasteiger partial charge >= 0.3 is 5.97 Å². The van der Waals surface area contributed by atoms with Gasteiger partial charge in [-0.2, -0.15) is 0 Å². The summed E-state index contributed by atoms with van der Waals surface area (Å²) in [7, 11) is 0. The molecule has 1 rings (SSSR count). The van der Waals surface area contributed by atoms with Crippen molar-refractivity contribution in [1.29, 1.82) is 0 Å². The molecule has 1 aromatic rings. The number of aryl methyl sites for hydroxylation is 1. The van der Waals surface area contributed by atoms with Crippen LogP contribution in [0.1, 0.15) is 43.1 Å². The van der Waals surface area contributed by atoms with Gasteiger partial charge in [0.15, 0.2) is 0 Å². The molecular weight excluding hydrogens is 188 g/mol. The fraction of sp³-hybridized carbons (Fsp3) is 0.462. The second-order valence-electron chi connectivity index (χ2n) is 5.06. The lowest BCUT2D eigenvalue weighted by molar-refractivity contribution is 0.0697. The molecule has 0 saturated heterocycles. The van der Waals surface area contributed by atoms with Crippen molar-refractivity contribution < 1.29 is 9.90 Å². The van der Waals surface area contributed by atoms with Gasteiger partial charge in [0.1, 0.15) is 0 Å². The van der Waals surface area contributed by atoms with E-state index in [-0.39, 0.29) is 0 Å². The van der Waals surface area contributed by atoms with Crippen LogP contribution in [0.15, 0.2) is 24.3 Å². The van der Waals surface area contributed by atoms with Crippen molar-refractivity contribution in [2.75, 3.05) is 0 Å². The van der Waals surface area contributed by atoms with Crippen LogP contribution in [-0.4, -0.2) is 11.1 Å². The van der Waals surface area contributed by atoms with Gasteiger partial charge in [-0.15, -0.1) is 0 Å². The minimum atomic E-state index is -0.864. The van der Waals surface area contributed by atoms with Gasteiger partial charge in [0.25, 0.3) is 0 Å². The number of hydrogen-bond acceptors (Lipinski definition) is 1. The van der Waals surface area contributed by atoms with E-state index < -0.39 is 5.97 Å². The first-order chi connectivity index (χ1) is 6.88. The fourth-order valence-corrected chi connectivity index (χ4v) is 1.33. The Morgan fingerprint density at radius 2 is 1.73 bits per heavy atom. The van der Waals surface area contributed by atoms with E-state index in [9.17, 15) is 4.79 Å². The molecule has 0 spiro atoms. The normalized spacial score (nSPS) is 11.4. The van der Waals surface area contributed by atoms with E-state index in [1.165, 1.54) is 5.56 Å². The molecular formula is C13H18O2. The van der Waals surface area contributed by atoms with Gasteiger partial charge in [0, 0.05) is 0 Å². The Hall–Kier alpha value is -1.31. The SMILES string of the molecule is CC(C)(C)CCc1ccc(C(=O)O)cc1. The van der Waals surface area contributed by atoms with E-state index in [0.717, 1.165) is 12.8 Å². The third-order valence-corrected chi connectivity index (χ3v) is 2.36. The highest BCUT2D eigenvalue weighted by Crippen LogP contribution is 2.21. The van der Waals surface area contributed by atoms with Crippen LogP contribution in [0.25, 0.3) is 0 Å². The molecule has 0 bridgehead atoms. The van der Waals surface area contributed by atoms with E-state index in [0.29, 0.717) is 11.0 Å². The zero-order valence-electron chi connectivity index (χ0n) is 9.58. The first-order valence-electron chi connectivity index (χ1n) is 5.21. The average Bonchev–Trinajstić information content (AvgIpc) is 2.14. The molecule has 82 valence electrons. The van der Waals surface area contributed by atoms with Gasteiger partial charge in [-0.1, -0.05) is 32.9 Å². The van der Waals surface area contributed by atoms with E-state index >= 15 is 0 Å². The van der Waals surface area contributed by atoms with Crippen molar-refractivity contribution >= 4 is 5.97 Å². The minimum absolute atomic E-state index is 0.325. The topological polar surface area (TPSA) is 37.3 Å². The largest absolute Gasteiger partial charge is 0.478 e. The molecule has 0 aliphatic heterocycles. The maximum atomic E-state index is 10.6. The molecule has 0 radical (unpaired) electrons. The van der Waals surface area contributed by atoms with Crippen LogP contribution in [0.4, 0.5) is 0 Å². The standard InChI is InChI=1S/C13H18O2/c1-13(2,3)9-8-10-4-6-11(7-5-10)12(14)15/h4-7H,8-9H2,1-3H3,(H,14,15). The van der Waals surface area contributed by atoms with Gasteiger partial charge in [0.2, 0.25) is 0 Å². The van der Waals surface area contributed by atoms with Crippen LogP contribution in [0.5, 0.6) is 0 Å². The lowest BCUT2D eigenvalue weighted by Crippen LogP contribution is -2.06. The molecule has 1 N–H and O–H groups in total. The van der Waals surface area contributed by atoms with Crippen molar-refractivity contribution in [2.24, 2.45) is 5.41 Å². The number of carboxylic acids is 1. The molecule has 0 aliphatic rings. The summed E-state index contributed by atoms with van der Waals surface area (Å²) in [5.74, 6) is -0.864. The van der Waals surface area contributed by atoms with Gasteiger partial charge < -0.3 is 5.11 Å². The quantitative estimate of drug-likeness (QED) is 0.823. The van der Waals surface area contributed by atoms with Gasteiger partial charge in [-0.05, 0) is 36.0 Å². The van der Waals surface area contributed by atoms with Crippen molar-refractivity contribution in [3.05, 3.63) is 35.4 Å². The molecule has 0 saturated carbocycles. The smallest absolute Gasteiger partial charge is 0.335 e. The van der Waals surface area contributed by atoms with Crippen LogP contribution in [-0.2, 0) is 6.42 Å². The molecule has 15 heavy (non-hydrogen) atoms. The number of carboxylic acid groups (broad SMARTS) is 1. The summed E-state index contributed by atoms with van der Waals surface area (Å²) in [5.41, 5.74) is 1.88. The zero-order valence-corrected chi connectivity index (χ0v) is 9.58. The van der Waals surface area contributed by atoms with Crippen LogP contribution < -0.4 is 0 Å². The molecule has 0 atom stereocenters. The number of hydrogen-bond donors (Lipinski definition) is 1. The van der Waals surface area contributed by atoms with Crippen LogP contribution >= 0.6 is 0 Å². The van der Waals surface area contributed by atoms with Gasteiger partial charge in [0.05, 0.1) is 5.56 Å². The van der Waals surface area contributed by atoms with E-state index in [1.807, 2.05) is 12.1 Å². The van der Waals surface area contributed by atoms with Crippen LogP contribution in [0.3, 0.4) is 0 Å². The lowest BCUT2D eigenvalue weighted by Gasteiger charge is -2.17. The second kappa shape index (κ2) is 4.47. The monoisotopic (exact) mass is 206 g/mol. The summed E-state index contributed by atoms with van der Waals surface area (Å²) >= 11 is 0. The van der Waals surface area contributed by atoms with Crippen molar-refractivity contribution in [1.82, 2.24) is 0 Å². The Morgan fingerprint density at radius 1 is 1.20 bits per heavy atom. The molecule has 0 unspecified atom stereocenters. The van der Waals surface area contributed by atoms with Crippen molar-refractivity contribution in [3.8, 4) is 0 Å². The molecule has 2 nitrogen and oxygen atoms in total. The minimum Gasteiger partial charge on any atom is -0.478 e. The second-order valence-corrected chi connectivity index (χ2v) is 5.06. The van der Waals surface area contributed by atoms with Gasteiger partial charge in [-0.25, -0.2) is 4.79 Å². The number of benzene rings is 1. The molecule has 2 heteroatoms. The molecule has 0 aliphatic carbocycles. The van der Waals surface area contributed by atoms with Gasteiger partial charge in [-0.3, -0.25) is 0 Å². The molecule has 0 heterocycles. The van der Waals surface area contributed by atoms with E-state index in [1.54, 1.807) is 12.1 Å². The molecule has 0 fully saturated rings. The Bertz CT molecular complexity index is 331. The molecule has 0 amide bonds. The fourth-order valence-electron chi connectivity index (χ4n) is 1.33. The zero-order chi connectivity index (χ0) is 11.5. The number of aromatic carboxylic acids is 1. The Labute approximate surface area is 90.9 Å². The first-order valence-corrected chi connectivity index (χ1v) is 5.21. The maximum Gasteiger partial charge on any atom is 0.335 e. The Balaban J connectivity index is 2.61. The van der Waals surface area contributed by atoms with E-state index in [2.05, 4.69) is 20.8 Å². The summed E-state index contributed by atoms with van der Waals surface area (Å²) in [5, 5.41) is 8.73. The summed E-state index contributed by atoms with van der Waals surface area (Å²) in [6, 6.07) is 7.13. The average molecular weight is 206 g/mol. The lowest BCUT2D eigenvalue weighted by atomic mass is 9.88. The molecule has 0 aromatic heterocycles. The predicted octanol–water partition coefficient (Wildman–Crippen LogP) is 3.36. The first kappa shape index (κ1) is 11.8. The summed E-state index contributed by atoms with van der Waals surface area (Å²) in [4.78, 5) is 10.6. The van der Waals surface area contributed by atoms with E-state index in [4.69, 9.17) is 5.11 Å². The summed E-state index contributed by atoms with van der Waals surface area (Å²) < 4.78 is 0. The highest BCUT2D eigenvalue weighted by molar-refractivity contribution is 5.87. The Kier molecular flexibility index (Phi) is 3.51. The maximum absolute atomic E-state index is 10.6. The van der Waals surface area contributed by atoms with Crippen LogP contribution in [0.2, 0.25) is 0 Å². The van der Waals surface area contributed by atoms with Crippen LogP contribution in [0, 0.1) is 5.41 Å². The molecule has 1 aromatic carbocycles. The highest BCUT2D eigenvalue weighted by atomic mass is 16.4. The van der Waals surface area contributed by atoms with Crippen molar-refractivity contribution in [3.63, 3.8) is 0 Å². The summed E-state index contributed by atoms with van der Waals surface area (Å²) in [6.07, 6.45) is 2.11. The number of carbonyl (C=O) groups is 1. The highest BCUT2D eigenvalue weighted by Gasteiger charge is 2.10. The summed E-state index contributed by atoms with van der Waals surface area (Å²) in [6.45, 7) is 6.62. The third kappa shape index (κ3) is 4.15. The van der Waals surface area contributed by atoms with Crippen molar-refractivity contribution in [2.45, 2.75) is 33.6 Å². The predicted molar refractivity (Wildman–Crippen MR) is 61.2 cm³/mol.